The molecule has 0 heterocycles. The van der Waals surface area contributed by atoms with Crippen molar-refractivity contribution in [2.75, 3.05) is 19.6 Å². The number of amides is 2. The second kappa shape index (κ2) is 10.6. The summed E-state index contributed by atoms with van der Waals surface area (Å²) in [4.78, 5) is 23.3. The topological polar surface area (TPSA) is 70.2 Å². The van der Waals surface area contributed by atoms with Crippen LogP contribution in [-0.4, -0.2) is 37.5 Å². The zero-order chi connectivity index (χ0) is 15.5. The molecule has 5 nitrogen and oxygen atoms in total. The first kappa shape index (κ1) is 18.0. The normalized spacial score (nSPS) is 16.5. The lowest BCUT2D eigenvalue weighted by Crippen LogP contribution is -2.41. The molecule has 0 aromatic rings. The Balaban J connectivity index is 2.03. The van der Waals surface area contributed by atoms with Gasteiger partial charge >= 0.3 is 0 Å². The molecule has 1 rings (SSSR count). The van der Waals surface area contributed by atoms with Crippen LogP contribution >= 0.6 is 0 Å². The van der Waals surface area contributed by atoms with Crippen LogP contribution in [0.25, 0.3) is 0 Å². The Morgan fingerprint density at radius 1 is 1.05 bits per heavy atom. The predicted octanol–water partition coefficient (Wildman–Crippen LogP) is 1.58. The first-order chi connectivity index (χ1) is 10.1. The molecule has 3 N–H and O–H groups in total. The third-order valence-electron chi connectivity index (χ3n) is 3.74. The molecule has 0 unspecified atom stereocenters. The summed E-state index contributed by atoms with van der Waals surface area (Å²) in [7, 11) is 0. The van der Waals surface area contributed by atoms with Gasteiger partial charge in [-0.3, -0.25) is 9.59 Å². The van der Waals surface area contributed by atoms with Crippen LogP contribution in [-0.2, 0) is 9.59 Å². The van der Waals surface area contributed by atoms with E-state index in [2.05, 4.69) is 29.8 Å². The second-order valence-corrected chi connectivity index (χ2v) is 6.38. The average Bonchev–Trinajstić information content (AvgIpc) is 2.70. The van der Waals surface area contributed by atoms with Gasteiger partial charge in [-0.1, -0.05) is 39.5 Å². The molecule has 0 spiro atoms. The van der Waals surface area contributed by atoms with Gasteiger partial charge < -0.3 is 16.0 Å². The van der Waals surface area contributed by atoms with E-state index >= 15 is 0 Å². The number of rotatable bonds is 8. The summed E-state index contributed by atoms with van der Waals surface area (Å²) in [6.07, 6.45) is 7.63. The van der Waals surface area contributed by atoms with Crippen molar-refractivity contribution in [3.63, 3.8) is 0 Å². The van der Waals surface area contributed by atoms with Crippen molar-refractivity contribution in [1.29, 1.82) is 0 Å². The van der Waals surface area contributed by atoms with Crippen LogP contribution in [0.1, 0.15) is 58.8 Å². The Kier molecular flexibility index (Phi) is 9.06. The minimum absolute atomic E-state index is 0.0420. The molecule has 21 heavy (non-hydrogen) atoms. The van der Waals surface area contributed by atoms with Crippen molar-refractivity contribution in [2.24, 2.45) is 5.92 Å². The molecule has 2 amide bonds. The lowest BCUT2D eigenvalue weighted by Gasteiger charge is -2.16. The van der Waals surface area contributed by atoms with E-state index < -0.39 is 0 Å². The predicted molar refractivity (Wildman–Crippen MR) is 85.0 cm³/mol. The molecule has 0 saturated heterocycles. The Bertz CT molecular complexity index is 311. The fraction of sp³-hybridized carbons (Fsp3) is 0.875. The average molecular weight is 297 g/mol. The third kappa shape index (κ3) is 9.45. The molecule has 122 valence electrons. The summed E-state index contributed by atoms with van der Waals surface area (Å²) in [6.45, 7) is 5.68. The van der Waals surface area contributed by atoms with Gasteiger partial charge in [-0.05, 0) is 18.8 Å². The maximum atomic E-state index is 11.8. The monoisotopic (exact) mass is 297 g/mol. The molecule has 0 aromatic carbocycles. The van der Waals surface area contributed by atoms with E-state index in [1.165, 1.54) is 25.7 Å². The fourth-order valence-electron chi connectivity index (χ4n) is 2.51. The summed E-state index contributed by atoms with van der Waals surface area (Å²) in [5, 5.41) is 8.98. The zero-order valence-electron chi connectivity index (χ0n) is 13.5. The molecule has 1 aliphatic rings. The Morgan fingerprint density at radius 2 is 1.71 bits per heavy atom. The molecule has 5 heteroatoms. The first-order valence-corrected chi connectivity index (χ1v) is 8.34. The Morgan fingerprint density at radius 3 is 2.33 bits per heavy atom. The van der Waals surface area contributed by atoms with Gasteiger partial charge in [0.25, 0.3) is 0 Å². The zero-order valence-corrected chi connectivity index (χ0v) is 13.5. The maximum absolute atomic E-state index is 11.8. The molecule has 0 radical (unpaired) electrons. The quantitative estimate of drug-likeness (QED) is 0.470. The highest BCUT2D eigenvalue weighted by molar-refractivity contribution is 5.78. The first-order valence-electron chi connectivity index (χ1n) is 8.34. The molecule has 1 saturated carbocycles. The van der Waals surface area contributed by atoms with E-state index in [0.717, 1.165) is 12.8 Å². The standard InChI is InChI=1S/C16H31N3O2/c1-13(2)11-18-15(20)9-10-17-12-16(21)19-14-7-5-3-4-6-8-14/h13-14,17H,3-12H2,1-2H3,(H,18,20)(H,19,21). The number of carbonyl (C=O) groups excluding carboxylic acids is 2. The van der Waals surface area contributed by atoms with Gasteiger partial charge in [0.2, 0.25) is 11.8 Å². The Hall–Kier alpha value is -1.10. The van der Waals surface area contributed by atoms with Gasteiger partial charge in [-0.25, -0.2) is 0 Å². The summed E-state index contributed by atoms with van der Waals surface area (Å²) < 4.78 is 0. The molecule has 0 aliphatic heterocycles. The maximum Gasteiger partial charge on any atom is 0.234 e. The van der Waals surface area contributed by atoms with Crippen molar-refractivity contribution in [3.05, 3.63) is 0 Å². The van der Waals surface area contributed by atoms with E-state index in [1.807, 2.05) is 0 Å². The lowest BCUT2D eigenvalue weighted by atomic mass is 10.1. The van der Waals surface area contributed by atoms with Crippen molar-refractivity contribution in [2.45, 2.75) is 64.8 Å². The lowest BCUT2D eigenvalue weighted by molar-refractivity contribution is -0.122. The number of hydrogen-bond donors (Lipinski definition) is 3. The van der Waals surface area contributed by atoms with Gasteiger partial charge in [0.1, 0.15) is 0 Å². The molecule has 0 aromatic heterocycles. The smallest absolute Gasteiger partial charge is 0.234 e. The van der Waals surface area contributed by atoms with Gasteiger partial charge in [0.15, 0.2) is 0 Å². The Labute approximate surface area is 128 Å². The SMILES string of the molecule is CC(C)CNC(=O)CCNCC(=O)NC1CCCCCC1. The van der Waals surface area contributed by atoms with E-state index in [9.17, 15) is 9.59 Å². The van der Waals surface area contributed by atoms with E-state index in [-0.39, 0.29) is 11.8 Å². The van der Waals surface area contributed by atoms with E-state index in [0.29, 0.717) is 38.0 Å². The van der Waals surface area contributed by atoms with Crippen LogP contribution in [0.15, 0.2) is 0 Å². The molecule has 1 aliphatic carbocycles. The molecular weight excluding hydrogens is 266 g/mol. The summed E-state index contributed by atoms with van der Waals surface area (Å²) in [6, 6.07) is 0.344. The van der Waals surface area contributed by atoms with Crippen molar-refractivity contribution in [3.8, 4) is 0 Å². The van der Waals surface area contributed by atoms with Crippen LogP contribution in [0, 0.1) is 5.92 Å². The fourth-order valence-corrected chi connectivity index (χ4v) is 2.51. The van der Waals surface area contributed by atoms with Crippen LogP contribution in [0.4, 0.5) is 0 Å². The highest BCUT2D eigenvalue weighted by atomic mass is 16.2. The van der Waals surface area contributed by atoms with E-state index in [1.54, 1.807) is 0 Å². The second-order valence-electron chi connectivity index (χ2n) is 6.38. The van der Waals surface area contributed by atoms with Crippen LogP contribution in [0.2, 0.25) is 0 Å². The number of hydrogen-bond acceptors (Lipinski definition) is 3. The van der Waals surface area contributed by atoms with Gasteiger partial charge in [0.05, 0.1) is 6.54 Å². The molecule has 0 bridgehead atoms. The molecule has 1 fully saturated rings. The summed E-state index contributed by atoms with van der Waals surface area (Å²) in [5.74, 6) is 0.553. The number of nitrogens with one attached hydrogen (secondary N) is 3. The summed E-state index contributed by atoms with van der Waals surface area (Å²) >= 11 is 0. The summed E-state index contributed by atoms with van der Waals surface area (Å²) in [5.41, 5.74) is 0. The van der Waals surface area contributed by atoms with Gasteiger partial charge in [-0.2, -0.15) is 0 Å². The van der Waals surface area contributed by atoms with Crippen molar-refractivity contribution < 1.29 is 9.59 Å². The van der Waals surface area contributed by atoms with Crippen LogP contribution in [0.5, 0.6) is 0 Å². The van der Waals surface area contributed by atoms with Crippen molar-refractivity contribution >= 4 is 11.8 Å². The van der Waals surface area contributed by atoms with Crippen LogP contribution in [0.3, 0.4) is 0 Å². The van der Waals surface area contributed by atoms with E-state index in [4.69, 9.17) is 0 Å². The number of carbonyl (C=O) groups is 2. The highest BCUT2D eigenvalue weighted by Gasteiger charge is 2.14. The minimum atomic E-state index is 0.0420. The van der Waals surface area contributed by atoms with Crippen LogP contribution < -0.4 is 16.0 Å². The molecule has 0 atom stereocenters. The minimum Gasteiger partial charge on any atom is -0.356 e. The third-order valence-corrected chi connectivity index (χ3v) is 3.74. The van der Waals surface area contributed by atoms with Gasteiger partial charge in [0, 0.05) is 25.6 Å². The molecular formula is C16H31N3O2. The van der Waals surface area contributed by atoms with Crippen molar-refractivity contribution in [1.82, 2.24) is 16.0 Å². The highest BCUT2D eigenvalue weighted by Crippen LogP contribution is 2.16. The largest absolute Gasteiger partial charge is 0.356 e. The van der Waals surface area contributed by atoms with Gasteiger partial charge in [-0.15, -0.1) is 0 Å².